The van der Waals surface area contributed by atoms with Gasteiger partial charge in [-0.2, -0.15) is 5.10 Å². The van der Waals surface area contributed by atoms with Crippen molar-refractivity contribution in [3.63, 3.8) is 0 Å². The molecule has 4 nitrogen and oxygen atoms in total. The molecule has 1 rings (SSSR count). The van der Waals surface area contributed by atoms with Gasteiger partial charge in [-0.3, -0.25) is 5.43 Å². The predicted molar refractivity (Wildman–Crippen MR) is 78.5 cm³/mol. The van der Waals surface area contributed by atoms with Gasteiger partial charge in [0.1, 0.15) is 0 Å². The lowest BCUT2D eigenvalue weighted by Crippen LogP contribution is -2.24. The summed E-state index contributed by atoms with van der Waals surface area (Å²) in [4.78, 5) is 0. The van der Waals surface area contributed by atoms with Gasteiger partial charge >= 0.3 is 0 Å². The SMILES string of the molecule is CCC(C)OCc1ccccc1C=NNC(N)=S. The van der Waals surface area contributed by atoms with Crippen molar-refractivity contribution in [2.75, 3.05) is 0 Å². The second-order valence-electron chi connectivity index (χ2n) is 3.96. The smallest absolute Gasteiger partial charge is 0.184 e. The minimum atomic E-state index is 0.152. The van der Waals surface area contributed by atoms with Crippen LogP contribution < -0.4 is 11.2 Å². The van der Waals surface area contributed by atoms with E-state index in [0.29, 0.717) is 6.61 Å². The summed E-state index contributed by atoms with van der Waals surface area (Å²) in [7, 11) is 0. The molecule has 0 aliphatic carbocycles. The van der Waals surface area contributed by atoms with Crippen LogP contribution in [-0.2, 0) is 11.3 Å². The molecular formula is C13H19N3OS. The molecule has 0 bridgehead atoms. The minimum absolute atomic E-state index is 0.152. The van der Waals surface area contributed by atoms with Gasteiger partial charge in [0.25, 0.3) is 0 Å². The van der Waals surface area contributed by atoms with Gasteiger partial charge in [-0.25, -0.2) is 0 Å². The van der Waals surface area contributed by atoms with Crippen LogP contribution in [0.3, 0.4) is 0 Å². The Morgan fingerprint density at radius 1 is 1.56 bits per heavy atom. The summed E-state index contributed by atoms with van der Waals surface area (Å²) in [5.41, 5.74) is 9.91. The zero-order valence-corrected chi connectivity index (χ0v) is 11.5. The van der Waals surface area contributed by atoms with Crippen molar-refractivity contribution in [3.05, 3.63) is 35.4 Å². The highest BCUT2D eigenvalue weighted by molar-refractivity contribution is 7.80. The largest absolute Gasteiger partial charge is 0.375 e. The van der Waals surface area contributed by atoms with Crippen molar-refractivity contribution in [1.82, 2.24) is 5.43 Å². The number of thiocarbonyl (C=S) groups is 1. The molecule has 0 heterocycles. The lowest BCUT2D eigenvalue weighted by atomic mass is 10.1. The molecule has 0 saturated heterocycles. The van der Waals surface area contributed by atoms with Crippen LogP contribution in [0.15, 0.2) is 29.4 Å². The normalized spacial score (nSPS) is 12.6. The second-order valence-corrected chi connectivity index (χ2v) is 4.40. The number of hydrazone groups is 1. The topological polar surface area (TPSA) is 59.6 Å². The van der Waals surface area contributed by atoms with Crippen LogP contribution in [0.4, 0.5) is 0 Å². The monoisotopic (exact) mass is 265 g/mol. The van der Waals surface area contributed by atoms with Crippen LogP contribution in [0.5, 0.6) is 0 Å². The number of hydrogen-bond acceptors (Lipinski definition) is 3. The highest BCUT2D eigenvalue weighted by Gasteiger charge is 2.03. The molecule has 1 unspecified atom stereocenters. The summed E-state index contributed by atoms with van der Waals surface area (Å²) < 4.78 is 5.71. The fourth-order valence-electron chi connectivity index (χ4n) is 1.31. The number of nitrogens with two attached hydrogens (primary N) is 1. The highest BCUT2D eigenvalue weighted by Crippen LogP contribution is 2.10. The first-order chi connectivity index (χ1) is 8.63. The van der Waals surface area contributed by atoms with Crippen LogP contribution >= 0.6 is 12.2 Å². The number of ether oxygens (including phenoxy) is 1. The second kappa shape index (κ2) is 7.79. The molecule has 5 heteroatoms. The first kappa shape index (κ1) is 14.6. The van der Waals surface area contributed by atoms with E-state index in [9.17, 15) is 0 Å². The van der Waals surface area contributed by atoms with Gasteiger partial charge in [0, 0.05) is 5.56 Å². The molecule has 0 aromatic heterocycles. The van der Waals surface area contributed by atoms with E-state index in [1.165, 1.54) is 0 Å². The summed E-state index contributed by atoms with van der Waals surface area (Å²) >= 11 is 4.67. The molecule has 3 N–H and O–H groups in total. The quantitative estimate of drug-likeness (QED) is 0.470. The van der Waals surface area contributed by atoms with E-state index in [0.717, 1.165) is 17.5 Å². The highest BCUT2D eigenvalue weighted by atomic mass is 32.1. The molecule has 1 atom stereocenters. The van der Waals surface area contributed by atoms with Gasteiger partial charge in [0.05, 0.1) is 18.9 Å². The van der Waals surface area contributed by atoms with E-state index in [1.54, 1.807) is 6.21 Å². The van der Waals surface area contributed by atoms with E-state index >= 15 is 0 Å². The molecule has 0 amide bonds. The Hall–Kier alpha value is -1.46. The molecule has 0 aliphatic heterocycles. The third kappa shape index (κ3) is 5.25. The van der Waals surface area contributed by atoms with Gasteiger partial charge in [0.2, 0.25) is 0 Å². The molecule has 1 aromatic carbocycles. The van der Waals surface area contributed by atoms with Crippen LogP contribution in [0, 0.1) is 0 Å². The number of benzene rings is 1. The van der Waals surface area contributed by atoms with E-state index in [1.807, 2.05) is 24.3 Å². The Morgan fingerprint density at radius 3 is 2.94 bits per heavy atom. The Labute approximate surface area is 113 Å². The van der Waals surface area contributed by atoms with Crippen molar-refractivity contribution >= 4 is 23.5 Å². The number of rotatable bonds is 6. The van der Waals surface area contributed by atoms with Crippen molar-refractivity contribution < 1.29 is 4.74 Å². The summed E-state index contributed by atoms with van der Waals surface area (Å²) in [5, 5.41) is 4.10. The van der Waals surface area contributed by atoms with E-state index in [4.69, 9.17) is 10.5 Å². The number of nitrogens with zero attached hydrogens (tertiary/aromatic N) is 1. The number of nitrogens with one attached hydrogen (secondary N) is 1. The van der Waals surface area contributed by atoms with Gasteiger partial charge in [0.15, 0.2) is 5.11 Å². The third-order valence-corrected chi connectivity index (χ3v) is 2.62. The standard InChI is InChI=1S/C13H19N3OS/c1-3-10(2)17-9-12-7-5-4-6-11(12)8-15-16-13(14)18/h4-8,10H,3,9H2,1-2H3,(H3,14,16,18). The van der Waals surface area contributed by atoms with Crippen LogP contribution in [0.2, 0.25) is 0 Å². The molecule has 98 valence electrons. The molecule has 0 aliphatic rings. The van der Waals surface area contributed by atoms with Crippen molar-refractivity contribution in [2.24, 2.45) is 10.8 Å². The Bertz CT molecular complexity index is 420. The van der Waals surface area contributed by atoms with Gasteiger partial charge < -0.3 is 10.5 Å². The third-order valence-electron chi connectivity index (χ3n) is 2.53. The van der Waals surface area contributed by atoms with Crippen molar-refractivity contribution in [3.8, 4) is 0 Å². The average Bonchev–Trinajstić information content (AvgIpc) is 2.36. The molecule has 0 radical (unpaired) electrons. The summed E-state index contributed by atoms with van der Waals surface area (Å²) in [6, 6.07) is 7.92. The van der Waals surface area contributed by atoms with E-state index in [-0.39, 0.29) is 11.2 Å². The Kier molecular flexibility index (Phi) is 6.32. The zero-order chi connectivity index (χ0) is 13.4. The maximum Gasteiger partial charge on any atom is 0.184 e. The molecule has 0 saturated carbocycles. The Morgan fingerprint density at radius 2 is 2.28 bits per heavy atom. The molecule has 18 heavy (non-hydrogen) atoms. The maximum atomic E-state index is 5.71. The van der Waals surface area contributed by atoms with E-state index in [2.05, 4.69) is 36.6 Å². The van der Waals surface area contributed by atoms with Crippen LogP contribution in [0.25, 0.3) is 0 Å². The minimum Gasteiger partial charge on any atom is -0.375 e. The fraction of sp³-hybridized carbons (Fsp3) is 0.385. The fourth-order valence-corrected chi connectivity index (χ4v) is 1.36. The predicted octanol–water partition coefficient (Wildman–Crippen LogP) is 2.17. The lowest BCUT2D eigenvalue weighted by molar-refractivity contribution is 0.0508. The van der Waals surface area contributed by atoms with Crippen LogP contribution in [-0.4, -0.2) is 17.4 Å². The molecule has 1 aromatic rings. The van der Waals surface area contributed by atoms with Crippen molar-refractivity contribution in [2.45, 2.75) is 33.0 Å². The zero-order valence-electron chi connectivity index (χ0n) is 10.7. The summed E-state index contributed by atoms with van der Waals surface area (Å²) in [6.07, 6.45) is 2.94. The lowest BCUT2D eigenvalue weighted by Gasteiger charge is -2.12. The first-order valence-corrected chi connectivity index (χ1v) is 6.32. The van der Waals surface area contributed by atoms with Gasteiger partial charge in [-0.15, -0.1) is 0 Å². The van der Waals surface area contributed by atoms with Crippen LogP contribution in [0.1, 0.15) is 31.4 Å². The Balaban J connectivity index is 2.67. The van der Waals surface area contributed by atoms with Gasteiger partial charge in [-0.1, -0.05) is 31.2 Å². The molecule has 0 spiro atoms. The summed E-state index contributed by atoms with van der Waals surface area (Å²) in [6.45, 7) is 4.74. The van der Waals surface area contributed by atoms with E-state index < -0.39 is 0 Å². The van der Waals surface area contributed by atoms with Crippen molar-refractivity contribution in [1.29, 1.82) is 0 Å². The number of hydrogen-bond donors (Lipinski definition) is 2. The summed E-state index contributed by atoms with van der Waals surface area (Å²) in [5.74, 6) is 0. The first-order valence-electron chi connectivity index (χ1n) is 5.91. The molecular weight excluding hydrogens is 246 g/mol. The molecule has 0 fully saturated rings. The van der Waals surface area contributed by atoms with Gasteiger partial charge in [-0.05, 0) is 31.1 Å². The average molecular weight is 265 g/mol. The maximum absolute atomic E-state index is 5.71.